The highest BCUT2D eigenvalue weighted by Gasteiger charge is 2.13. The summed E-state index contributed by atoms with van der Waals surface area (Å²) in [5, 5.41) is 6.36. The number of nitrogens with zero attached hydrogens (tertiary/aromatic N) is 2. The molecule has 0 fully saturated rings. The van der Waals surface area contributed by atoms with Crippen LogP contribution in [0.4, 0.5) is 17.2 Å². The number of nitrogens with one attached hydrogen (secondary N) is 2. The molecule has 0 bridgehead atoms. The number of ether oxygens (including phenoxy) is 2. The first-order valence-electron chi connectivity index (χ1n) is 8.56. The van der Waals surface area contributed by atoms with Crippen molar-refractivity contribution in [3.63, 3.8) is 0 Å². The Morgan fingerprint density at radius 2 is 1.89 bits per heavy atom. The van der Waals surface area contributed by atoms with Crippen molar-refractivity contribution in [2.75, 3.05) is 24.4 Å². The molecule has 28 heavy (non-hydrogen) atoms. The fraction of sp³-hybridized carbons (Fsp3) is 0.150. The summed E-state index contributed by atoms with van der Waals surface area (Å²) in [6.45, 7) is 2.53. The first kappa shape index (κ1) is 19.4. The number of anilines is 3. The summed E-state index contributed by atoms with van der Waals surface area (Å²) in [5.74, 6) is 1.37. The van der Waals surface area contributed by atoms with Crippen molar-refractivity contribution >= 4 is 34.7 Å². The zero-order chi connectivity index (χ0) is 19.9. The van der Waals surface area contributed by atoms with Gasteiger partial charge in [-0.15, -0.1) is 0 Å². The number of halogens is 1. The van der Waals surface area contributed by atoms with Gasteiger partial charge < -0.3 is 20.1 Å². The lowest BCUT2D eigenvalue weighted by molar-refractivity contribution is 0.102. The fourth-order valence-corrected chi connectivity index (χ4v) is 2.64. The average molecular weight is 399 g/mol. The Kier molecular flexibility index (Phi) is 6.29. The molecule has 1 heterocycles. The van der Waals surface area contributed by atoms with E-state index in [2.05, 4.69) is 20.6 Å². The molecule has 1 aromatic heterocycles. The maximum absolute atomic E-state index is 12.6. The number of benzene rings is 2. The smallest absolute Gasteiger partial charge is 0.274 e. The minimum atomic E-state index is -0.405. The summed E-state index contributed by atoms with van der Waals surface area (Å²) >= 11 is 6.00. The highest BCUT2D eigenvalue weighted by molar-refractivity contribution is 6.31. The number of amides is 1. The average Bonchev–Trinajstić information content (AvgIpc) is 2.70. The first-order valence-corrected chi connectivity index (χ1v) is 8.93. The predicted molar refractivity (Wildman–Crippen MR) is 109 cm³/mol. The van der Waals surface area contributed by atoms with E-state index in [9.17, 15) is 4.79 Å². The molecule has 0 aliphatic rings. The van der Waals surface area contributed by atoms with Gasteiger partial charge in [0, 0.05) is 16.8 Å². The molecular weight excluding hydrogens is 380 g/mol. The van der Waals surface area contributed by atoms with Crippen LogP contribution in [-0.2, 0) is 0 Å². The molecule has 0 saturated heterocycles. The number of carbonyl (C=O) groups is 1. The van der Waals surface area contributed by atoms with E-state index >= 15 is 0 Å². The van der Waals surface area contributed by atoms with Crippen LogP contribution in [0.15, 0.2) is 54.9 Å². The molecule has 2 N–H and O–H groups in total. The van der Waals surface area contributed by atoms with E-state index in [4.69, 9.17) is 21.1 Å². The second-order valence-electron chi connectivity index (χ2n) is 5.67. The van der Waals surface area contributed by atoms with Crippen LogP contribution in [0, 0.1) is 0 Å². The van der Waals surface area contributed by atoms with Crippen LogP contribution in [0.1, 0.15) is 17.4 Å². The lowest BCUT2D eigenvalue weighted by atomic mass is 10.2. The lowest BCUT2D eigenvalue weighted by Gasteiger charge is -2.11. The zero-order valence-electron chi connectivity index (χ0n) is 15.4. The van der Waals surface area contributed by atoms with E-state index in [-0.39, 0.29) is 5.69 Å². The molecule has 7 nitrogen and oxygen atoms in total. The van der Waals surface area contributed by atoms with Gasteiger partial charge in [-0.05, 0) is 49.4 Å². The molecule has 0 unspecified atom stereocenters. The van der Waals surface area contributed by atoms with Crippen LogP contribution in [0.2, 0.25) is 5.02 Å². The van der Waals surface area contributed by atoms with Crippen LogP contribution < -0.4 is 20.1 Å². The van der Waals surface area contributed by atoms with Gasteiger partial charge in [-0.3, -0.25) is 4.79 Å². The number of aromatic nitrogens is 2. The number of rotatable bonds is 7. The summed E-state index contributed by atoms with van der Waals surface area (Å²) < 4.78 is 10.7. The van der Waals surface area contributed by atoms with Crippen molar-refractivity contribution in [2.45, 2.75) is 6.92 Å². The highest BCUT2D eigenvalue weighted by atomic mass is 35.5. The lowest BCUT2D eigenvalue weighted by Crippen LogP contribution is -2.15. The number of carbonyl (C=O) groups excluding carboxylic acids is 1. The van der Waals surface area contributed by atoms with E-state index in [1.54, 1.807) is 24.3 Å². The molecule has 0 spiro atoms. The zero-order valence-corrected chi connectivity index (χ0v) is 16.2. The third-order valence-corrected chi connectivity index (χ3v) is 3.98. The van der Waals surface area contributed by atoms with Gasteiger partial charge in [0.2, 0.25) is 0 Å². The maximum atomic E-state index is 12.6. The van der Waals surface area contributed by atoms with Gasteiger partial charge in [-0.25, -0.2) is 9.97 Å². The number of hydrogen-bond donors (Lipinski definition) is 2. The molecule has 0 radical (unpaired) electrons. The van der Waals surface area contributed by atoms with E-state index in [1.165, 1.54) is 13.4 Å². The Bertz CT molecular complexity index is 964. The summed E-state index contributed by atoms with van der Waals surface area (Å²) in [5.41, 5.74) is 1.47. The minimum Gasteiger partial charge on any atom is -0.495 e. The predicted octanol–water partition coefficient (Wildman–Crippen LogP) is 4.53. The van der Waals surface area contributed by atoms with Gasteiger partial charge in [0.1, 0.15) is 29.3 Å². The van der Waals surface area contributed by atoms with Gasteiger partial charge >= 0.3 is 0 Å². The summed E-state index contributed by atoms with van der Waals surface area (Å²) in [6, 6.07) is 14.0. The SMILES string of the molecule is CCOc1ccc(Nc2cc(C(=O)Nc3cc(Cl)ccc3OC)ncn2)cc1. The van der Waals surface area contributed by atoms with Crippen molar-refractivity contribution in [3.05, 3.63) is 65.6 Å². The van der Waals surface area contributed by atoms with Crippen LogP contribution in [0.3, 0.4) is 0 Å². The van der Waals surface area contributed by atoms with E-state index in [1.807, 2.05) is 31.2 Å². The largest absolute Gasteiger partial charge is 0.495 e. The third kappa shape index (κ3) is 4.89. The molecule has 144 valence electrons. The van der Waals surface area contributed by atoms with Crippen molar-refractivity contribution < 1.29 is 14.3 Å². The molecule has 3 aromatic rings. The van der Waals surface area contributed by atoms with Crippen molar-refractivity contribution in [1.29, 1.82) is 0 Å². The number of hydrogen-bond acceptors (Lipinski definition) is 6. The Morgan fingerprint density at radius 1 is 1.11 bits per heavy atom. The van der Waals surface area contributed by atoms with Crippen LogP contribution >= 0.6 is 11.6 Å². The maximum Gasteiger partial charge on any atom is 0.274 e. The molecule has 0 aliphatic carbocycles. The third-order valence-electron chi connectivity index (χ3n) is 3.75. The van der Waals surface area contributed by atoms with E-state index in [0.717, 1.165) is 11.4 Å². The fourth-order valence-electron chi connectivity index (χ4n) is 2.46. The molecule has 0 saturated carbocycles. The van der Waals surface area contributed by atoms with Gasteiger partial charge in [-0.2, -0.15) is 0 Å². The molecule has 0 aliphatic heterocycles. The standard InChI is InChI=1S/C20H19ClN4O3/c1-3-28-15-7-5-14(6-8-15)24-19-11-17(22-12-23-19)20(26)25-16-10-13(21)4-9-18(16)27-2/h4-12H,3H2,1-2H3,(H,25,26)(H,22,23,24). The van der Waals surface area contributed by atoms with E-state index < -0.39 is 5.91 Å². The van der Waals surface area contributed by atoms with Crippen LogP contribution in [-0.4, -0.2) is 29.6 Å². The summed E-state index contributed by atoms with van der Waals surface area (Å²) in [7, 11) is 1.52. The molecule has 2 aromatic carbocycles. The second kappa shape index (κ2) is 9.05. The Morgan fingerprint density at radius 3 is 2.61 bits per heavy atom. The molecular formula is C20H19ClN4O3. The monoisotopic (exact) mass is 398 g/mol. The minimum absolute atomic E-state index is 0.200. The second-order valence-corrected chi connectivity index (χ2v) is 6.11. The van der Waals surface area contributed by atoms with Gasteiger partial charge in [0.25, 0.3) is 5.91 Å². The number of methoxy groups -OCH3 is 1. The summed E-state index contributed by atoms with van der Waals surface area (Å²) in [4.78, 5) is 20.8. The van der Waals surface area contributed by atoms with Crippen molar-refractivity contribution in [1.82, 2.24) is 9.97 Å². The van der Waals surface area contributed by atoms with Crippen LogP contribution in [0.25, 0.3) is 0 Å². The molecule has 1 amide bonds. The summed E-state index contributed by atoms with van der Waals surface area (Å²) in [6.07, 6.45) is 1.32. The van der Waals surface area contributed by atoms with Crippen molar-refractivity contribution in [3.8, 4) is 11.5 Å². The van der Waals surface area contributed by atoms with E-state index in [0.29, 0.717) is 28.9 Å². The quantitative estimate of drug-likeness (QED) is 0.608. The van der Waals surface area contributed by atoms with Gasteiger partial charge in [0.15, 0.2) is 0 Å². The molecule has 8 heteroatoms. The first-order chi connectivity index (χ1) is 13.6. The topological polar surface area (TPSA) is 85.4 Å². The Labute approximate surface area is 167 Å². The van der Waals surface area contributed by atoms with Gasteiger partial charge in [-0.1, -0.05) is 11.6 Å². The van der Waals surface area contributed by atoms with Gasteiger partial charge in [0.05, 0.1) is 19.4 Å². The molecule has 0 atom stereocenters. The van der Waals surface area contributed by atoms with Crippen molar-refractivity contribution in [2.24, 2.45) is 0 Å². The molecule has 3 rings (SSSR count). The highest BCUT2D eigenvalue weighted by Crippen LogP contribution is 2.28. The van der Waals surface area contributed by atoms with Crippen LogP contribution in [0.5, 0.6) is 11.5 Å². The Balaban J connectivity index is 1.73. The normalized spacial score (nSPS) is 10.2. The Hall–Kier alpha value is -3.32.